The minimum absolute atomic E-state index is 0.245. The Bertz CT molecular complexity index is 874. The van der Waals surface area contributed by atoms with E-state index in [1.807, 2.05) is 43.0 Å². The molecule has 1 aliphatic rings. The van der Waals surface area contributed by atoms with E-state index in [-0.39, 0.29) is 4.58 Å². The van der Waals surface area contributed by atoms with Crippen LogP contribution in [0.15, 0.2) is 57.2 Å². The first kappa shape index (κ1) is 18.7. The van der Waals surface area contributed by atoms with Crippen LogP contribution < -0.4 is 0 Å². The summed E-state index contributed by atoms with van der Waals surface area (Å²) < 4.78 is 30.0. The third-order valence-electron chi connectivity index (χ3n) is 4.27. The molecule has 2 aromatic rings. The lowest BCUT2D eigenvalue weighted by Crippen LogP contribution is -2.24. The van der Waals surface area contributed by atoms with Crippen LogP contribution >= 0.6 is 11.8 Å². The zero-order chi connectivity index (χ0) is 17.9. The third-order valence-corrected chi connectivity index (χ3v) is 10.3. The zero-order valence-electron chi connectivity index (χ0n) is 14.5. The fourth-order valence-corrected chi connectivity index (χ4v) is 8.94. The van der Waals surface area contributed by atoms with Gasteiger partial charge >= 0.3 is 0 Å². The summed E-state index contributed by atoms with van der Waals surface area (Å²) in [6.45, 7) is 4.06. The molecule has 0 radical (unpaired) electrons. The first-order valence-electron chi connectivity index (χ1n) is 8.36. The van der Waals surface area contributed by atoms with Crippen LogP contribution in [0.2, 0.25) is 0 Å². The van der Waals surface area contributed by atoms with E-state index in [1.54, 1.807) is 12.1 Å². The lowest BCUT2D eigenvalue weighted by Gasteiger charge is -2.25. The average Bonchev–Trinajstić information content (AvgIpc) is 2.59. The quantitative estimate of drug-likeness (QED) is 0.768. The first-order chi connectivity index (χ1) is 12.0. The van der Waals surface area contributed by atoms with Crippen molar-refractivity contribution >= 4 is 32.5 Å². The largest absolute Gasteiger partial charge is 0.287 e. The van der Waals surface area contributed by atoms with Gasteiger partial charge in [0.2, 0.25) is 0 Å². The minimum atomic E-state index is -3.59. The van der Waals surface area contributed by atoms with Crippen molar-refractivity contribution in [3.63, 3.8) is 0 Å². The number of sulfonamides is 1. The second-order valence-corrected chi connectivity index (χ2v) is 11.7. The summed E-state index contributed by atoms with van der Waals surface area (Å²) in [5.41, 5.74) is 3.60. The Balaban J connectivity index is 1.88. The predicted octanol–water partition coefficient (Wildman–Crippen LogP) is 4.50. The van der Waals surface area contributed by atoms with Gasteiger partial charge in [-0.3, -0.25) is 0 Å². The topological polar surface area (TPSA) is 46.5 Å². The van der Waals surface area contributed by atoms with Crippen molar-refractivity contribution in [2.45, 2.75) is 36.2 Å². The van der Waals surface area contributed by atoms with Crippen molar-refractivity contribution in [3.8, 4) is 0 Å². The zero-order valence-corrected chi connectivity index (χ0v) is 17.0. The second kappa shape index (κ2) is 8.06. The molecule has 0 aliphatic carbocycles. The summed E-state index contributed by atoms with van der Waals surface area (Å²) in [5, 5.41) is 0. The molecule has 1 saturated heterocycles. The Morgan fingerprint density at radius 3 is 2.56 bits per heavy atom. The maximum atomic E-state index is 12.7. The second-order valence-electron chi connectivity index (χ2n) is 6.25. The van der Waals surface area contributed by atoms with Gasteiger partial charge in [0, 0.05) is 5.75 Å². The smallest absolute Gasteiger partial charge is 0.199 e. The molecular formula is C19H23NO2S3. The van der Waals surface area contributed by atoms with Crippen LogP contribution in [-0.4, -0.2) is 24.5 Å². The molecule has 2 atom stereocenters. The molecule has 1 heterocycles. The van der Waals surface area contributed by atoms with Gasteiger partial charge in [-0.05, 0) is 55.7 Å². The summed E-state index contributed by atoms with van der Waals surface area (Å²) >= 11 is 1.87. The third kappa shape index (κ3) is 4.74. The molecule has 0 aromatic heterocycles. The number of hydrogen-bond acceptors (Lipinski definition) is 3. The van der Waals surface area contributed by atoms with Gasteiger partial charge in [-0.15, -0.1) is 15.5 Å². The summed E-state index contributed by atoms with van der Waals surface area (Å²) in [6, 6.07) is 15.3. The normalized spacial score (nSPS) is 21.4. The summed E-state index contributed by atoms with van der Waals surface area (Å²) in [5.74, 6) is 1.95. The molecule has 0 amide bonds. The van der Waals surface area contributed by atoms with Crippen LogP contribution in [0.3, 0.4) is 0 Å². The Morgan fingerprint density at radius 2 is 1.84 bits per heavy atom. The van der Waals surface area contributed by atoms with Crippen molar-refractivity contribution in [1.29, 1.82) is 0 Å². The molecule has 0 saturated carbocycles. The number of rotatable bonds is 4. The van der Waals surface area contributed by atoms with Gasteiger partial charge < -0.3 is 0 Å². The lowest BCUT2D eigenvalue weighted by molar-refractivity contribution is 0.598. The molecule has 2 aromatic carbocycles. The molecule has 0 N–H and O–H groups in total. The molecule has 1 fully saturated rings. The highest BCUT2D eigenvalue weighted by Gasteiger charge is 2.24. The van der Waals surface area contributed by atoms with Gasteiger partial charge in [-0.25, -0.2) is 0 Å². The van der Waals surface area contributed by atoms with Crippen LogP contribution in [0.4, 0.5) is 0 Å². The van der Waals surface area contributed by atoms with Crippen LogP contribution in [0.25, 0.3) is 0 Å². The molecule has 3 rings (SSSR count). The van der Waals surface area contributed by atoms with Gasteiger partial charge in [0.1, 0.15) is 0 Å². The van der Waals surface area contributed by atoms with Gasteiger partial charge in [0.25, 0.3) is 10.0 Å². The van der Waals surface area contributed by atoms with E-state index in [9.17, 15) is 8.42 Å². The van der Waals surface area contributed by atoms with Crippen LogP contribution in [0.1, 0.15) is 23.1 Å². The Labute approximate surface area is 157 Å². The summed E-state index contributed by atoms with van der Waals surface area (Å²) in [6.07, 6.45) is 1.92. The summed E-state index contributed by atoms with van der Waals surface area (Å²) in [7, 11) is -4.05. The van der Waals surface area contributed by atoms with E-state index < -0.39 is 20.7 Å². The molecule has 1 aliphatic heterocycles. The standard InChI is InChI=1S/C19H23NO2S3/c1-15-8-10-18(11-9-15)25(21,22)20-24-13-5-12-23-19(24)14-17-7-4-3-6-16(17)2/h3-4,6-11,19H,5,12-14H2,1-2H3/t19-,24-/m0/s1. The Morgan fingerprint density at radius 1 is 1.12 bits per heavy atom. The number of thioether (sulfide) groups is 1. The highest BCUT2D eigenvalue weighted by molar-refractivity contribution is 8.14. The van der Waals surface area contributed by atoms with Crippen molar-refractivity contribution in [3.05, 3.63) is 65.2 Å². The van der Waals surface area contributed by atoms with Crippen LogP contribution in [0.5, 0.6) is 0 Å². The molecule has 6 heteroatoms. The van der Waals surface area contributed by atoms with E-state index >= 15 is 0 Å². The van der Waals surface area contributed by atoms with E-state index in [4.69, 9.17) is 0 Å². The average molecular weight is 394 g/mol. The molecule has 0 bridgehead atoms. The molecule has 3 nitrogen and oxygen atoms in total. The minimum Gasteiger partial charge on any atom is -0.199 e. The molecule has 134 valence electrons. The molecular weight excluding hydrogens is 370 g/mol. The predicted molar refractivity (Wildman–Crippen MR) is 109 cm³/mol. The monoisotopic (exact) mass is 393 g/mol. The summed E-state index contributed by atoms with van der Waals surface area (Å²) in [4.78, 5) is 0.302. The Hall–Kier alpha value is -1.11. The van der Waals surface area contributed by atoms with Crippen molar-refractivity contribution in [2.24, 2.45) is 3.77 Å². The lowest BCUT2D eigenvalue weighted by atomic mass is 10.1. The van der Waals surface area contributed by atoms with Crippen molar-refractivity contribution < 1.29 is 8.42 Å². The number of benzene rings is 2. The maximum Gasteiger partial charge on any atom is 0.287 e. The van der Waals surface area contributed by atoms with E-state index in [2.05, 4.69) is 22.8 Å². The molecule has 25 heavy (non-hydrogen) atoms. The SMILES string of the molecule is Cc1ccc(S(=O)(=O)/N=[S@]2/CCCS[C@@H]2Cc2ccccc2C)cc1. The highest BCUT2D eigenvalue weighted by Crippen LogP contribution is 2.29. The van der Waals surface area contributed by atoms with E-state index in [0.29, 0.717) is 4.90 Å². The number of hydrogen-bond donors (Lipinski definition) is 0. The fraction of sp³-hybridized carbons (Fsp3) is 0.368. The van der Waals surface area contributed by atoms with Gasteiger partial charge in [0.15, 0.2) is 0 Å². The number of aryl methyl sites for hydroxylation is 2. The van der Waals surface area contributed by atoms with Crippen LogP contribution in [0, 0.1) is 13.8 Å². The number of nitrogens with zero attached hydrogens (tertiary/aromatic N) is 1. The van der Waals surface area contributed by atoms with Gasteiger partial charge in [0.05, 0.1) is 9.48 Å². The maximum absolute atomic E-state index is 12.7. The fourth-order valence-electron chi connectivity index (χ4n) is 2.77. The van der Waals surface area contributed by atoms with Crippen molar-refractivity contribution in [1.82, 2.24) is 0 Å². The highest BCUT2D eigenvalue weighted by atomic mass is 32.3. The van der Waals surface area contributed by atoms with Gasteiger partial charge in [-0.1, -0.05) is 52.7 Å². The van der Waals surface area contributed by atoms with Crippen molar-refractivity contribution in [2.75, 3.05) is 11.5 Å². The first-order valence-corrected chi connectivity index (χ1v) is 12.3. The van der Waals surface area contributed by atoms with E-state index in [1.165, 1.54) is 11.1 Å². The van der Waals surface area contributed by atoms with Gasteiger partial charge in [-0.2, -0.15) is 8.42 Å². The van der Waals surface area contributed by atoms with Crippen LogP contribution in [-0.2, 0) is 27.1 Å². The Kier molecular flexibility index (Phi) is 6.02. The van der Waals surface area contributed by atoms with E-state index in [0.717, 1.165) is 29.9 Å². The molecule has 0 unspecified atom stereocenters. The molecule has 0 spiro atoms.